The van der Waals surface area contributed by atoms with E-state index in [1.54, 1.807) is 6.07 Å². The van der Waals surface area contributed by atoms with Gasteiger partial charge >= 0.3 is 12.1 Å². The Bertz CT molecular complexity index is 1030. The fourth-order valence-electron chi connectivity index (χ4n) is 3.54. The van der Waals surface area contributed by atoms with Gasteiger partial charge in [-0.25, -0.2) is 0 Å². The number of ether oxygens (including phenoxy) is 1. The molecule has 4 rings (SSSR count). The molecule has 7 nitrogen and oxygen atoms in total. The van der Waals surface area contributed by atoms with Gasteiger partial charge in [-0.1, -0.05) is 11.6 Å². The Kier molecular flexibility index (Phi) is 4.66. The Labute approximate surface area is 158 Å². The molecular formula is C18H18F3N5O2. The molecule has 1 saturated heterocycles. The Morgan fingerprint density at radius 2 is 2.18 bits per heavy atom. The molecule has 1 aromatic carbocycles. The summed E-state index contributed by atoms with van der Waals surface area (Å²) in [7, 11) is 0. The van der Waals surface area contributed by atoms with Crippen molar-refractivity contribution in [2.75, 3.05) is 13.2 Å². The van der Waals surface area contributed by atoms with Gasteiger partial charge < -0.3 is 9.64 Å². The van der Waals surface area contributed by atoms with Crippen molar-refractivity contribution in [3.05, 3.63) is 35.4 Å². The highest BCUT2D eigenvalue weighted by Gasteiger charge is 2.43. The number of aromatic nitrogens is 4. The van der Waals surface area contributed by atoms with E-state index in [0.29, 0.717) is 24.2 Å². The van der Waals surface area contributed by atoms with Crippen LogP contribution in [0.25, 0.3) is 16.6 Å². The number of nitrogens with zero attached hydrogens (tertiary/aromatic N) is 5. The second-order valence-corrected chi connectivity index (χ2v) is 6.96. The van der Waals surface area contributed by atoms with Gasteiger partial charge in [0.25, 0.3) is 0 Å². The zero-order valence-corrected chi connectivity index (χ0v) is 15.1. The fraction of sp³-hybridized carbons (Fsp3) is 0.444. The third kappa shape index (κ3) is 3.51. The first-order valence-electron chi connectivity index (χ1n) is 8.91. The molecule has 1 aliphatic heterocycles. The van der Waals surface area contributed by atoms with E-state index in [1.165, 1.54) is 4.52 Å². The van der Waals surface area contributed by atoms with Crippen LogP contribution in [-0.4, -0.2) is 56.3 Å². The fourth-order valence-corrected chi connectivity index (χ4v) is 3.54. The number of tetrazole rings is 1. The van der Waals surface area contributed by atoms with Gasteiger partial charge in [-0.15, -0.1) is 5.10 Å². The number of benzene rings is 1. The number of hydrogen-bond acceptors (Lipinski definition) is 5. The lowest BCUT2D eigenvalue weighted by Crippen LogP contribution is -2.44. The number of hydrogen-bond donors (Lipinski definition) is 0. The first kappa shape index (κ1) is 18.6. The molecule has 0 bridgehead atoms. The molecule has 0 unspecified atom stereocenters. The third-order valence-corrected chi connectivity index (χ3v) is 4.84. The second-order valence-electron chi connectivity index (χ2n) is 6.96. The van der Waals surface area contributed by atoms with Gasteiger partial charge in [-0.3, -0.25) is 4.79 Å². The first-order valence-corrected chi connectivity index (χ1v) is 8.91. The van der Waals surface area contributed by atoms with Crippen LogP contribution in [0.1, 0.15) is 24.0 Å². The van der Waals surface area contributed by atoms with Gasteiger partial charge in [0, 0.05) is 30.6 Å². The van der Waals surface area contributed by atoms with Crippen LogP contribution in [0, 0.1) is 6.92 Å². The molecule has 3 heterocycles. The number of rotatable bonds is 4. The smallest absolute Gasteiger partial charge is 0.376 e. The van der Waals surface area contributed by atoms with Crippen LogP contribution in [0.2, 0.25) is 0 Å². The average Bonchev–Trinajstić information content (AvgIpc) is 3.31. The molecule has 1 fully saturated rings. The van der Waals surface area contributed by atoms with Crippen molar-refractivity contribution < 1.29 is 22.7 Å². The Morgan fingerprint density at radius 3 is 2.89 bits per heavy atom. The first-order chi connectivity index (χ1) is 13.3. The third-order valence-electron chi connectivity index (χ3n) is 4.84. The van der Waals surface area contributed by atoms with E-state index in [0.717, 1.165) is 27.8 Å². The van der Waals surface area contributed by atoms with Gasteiger partial charge in [0.1, 0.15) is 0 Å². The highest BCUT2D eigenvalue weighted by Crippen LogP contribution is 2.26. The predicted octanol–water partition coefficient (Wildman–Crippen LogP) is 2.66. The van der Waals surface area contributed by atoms with E-state index in [2.05, 4.69) is 15.5 Å². The number of halogens is 3. The minimum Gasteiger partial charge on any atom is -0.376 e. The summed E-state index contributed by atoms with van der Waals surface area (Å²) in [6.07, 6.45) is -3.97. The molecular weight excluding hydrogens is 375 g/mol. The van der Waals surface area contributed by atoms with Crippen molar-refractivity contribution in [3.8, 4) is 0 Å². The summed E-state index contributed by atoms with van der Waals surface area (Å²) >= 11 is 0. The Balaban J connectivity index is 1.75. The van der Waals surface area contributed by atoms with Crippen LogP contribution in [0.5, 0.6) is 0 Å². The van der Waals surface area contributed by atoms with E-state index in [-0.39, 0.29) is 13.1 Å². The summed E-state index contributed by atoms with van der Waals surface area (Å²) in [6.45, 7) is 2.02. The number of amides is 1. The summed E-state index contributed by atoms with van der Waals surface area (Å²) < 4.78 is 46.4. The lowest BCUT2D eigenvalue weighted by atomic mass is 10.1. The molecule has 10 heteroatoms. The summed E-state index contributed by atoms with van der Waals surface area (Å²) in [4.78, 5) is 12.8. The molecule has 0 N–H and O–H groups in total. The number of pyridine rings is 1. The summed E-state index contributed by atoms with van der Waals surface area (Å²) in [5, 5.41) is 12.3. The van der Waals surface area contributed by atoms with Crippen LogP contribution in [0.4, 0.5) is 13.2 Å². The molecule has 148 valence electrons. The van der Waals surface area contributed by atoms with Crippen molar-refractivity contribution in [2.45, 2.75) is 38.6 Å². The number of alkyl halides is 3. The summed E-state index contributed by atoms with van der Waals surface area (Å²) in [5.74, 6) is -1.89. The number of aryl methyl sites for hydroxylation is 1. The van der Waals surface area contributed by atoms with Crippen LogP contribution in [0.15, 0.2) is 24.3 Å². The molecule has 2 aromatic heterocycles. The monoisotopic (exact) mass is 393 g/mol. The standard InChI is InChI=1S/C18H18F3N5O2/c1-11-4-5-15-12(7-11)8-13(16-22-23-24-26(15)16)9-25(17(27)18(19,20)21)10-14-3-2-6-28-14/h4-5,7-8,14H,2-3,6,9-10H2,1H3/t14-/m1/s1. The normalized spacial score (nSPS) is 17.5. The zero-order chi connectivity index (χ0) is 19.9. The lowest BCUT2D eigenvalue weighted by Gasteiger charge is -2.26. The molecule has 0 spiro atoms. The average molecular weight is 393 g/mol. The molecule has 0 aliphatic carbocycles. The van der Waals surface area contributed by atoms with E-state index in [9.17, 15) is 18.0 Å². The van der Waals surface area contributed by atoms with Crippen molar-refractivity contribution in [2.24, 2.45) is 0 Å². The largest absolute Gasteiger partial charge is 0.471 e. The van der Waals surface area contributed by atoms with E-state index >= 15 is 0 Å². The van der Waals surface area contributed by atoms with Gasteiger partial charge in [-0.05, 0) is 48.4 Å². The molecule has 28 heavy (non-hydrogen) atoms. The summed E-state index contributed by atoms with van der Waals surface area (Å²) in [6, 6.07) is 7.39. The van der Waals surface area contributed by atoms with Crippen LogP contribution in [0.3, 0.4) is 0 Å². The number of carbonyl (C=O) groups excluding carboxylic acids is 1. The number of fused-ring (bicyclic) bond motifs is 3. The van der Waals surface area contributed by atoms with Crippen molar-refractivity contribution in [1.29, 1.82) is 0 Å². The van der Waals surface area contributed by atoms with Crippen molar-refractivity contribution >= 4 is 22.5 Å². The van der Waals surface area contributed by atoms with E-state index in [4.69, 9.17) is 4.74 Å². The van der Waals surface area contributed by atoms with Crippen LogP contribution in [-0.2, 0) is 16.1 Å². The maximum Gasteiger partial charge on any atom is 0.471 e. The van der Waals surface area contributed by atoms with Gasteiger partial charge in [0.2, 0.25) is 0 Å². The topological polar surface area (TPSA) is 72.6 Å². The summed E-state index contributed by atoms with van der Waals surface area (Å²) in [5.41, 5.74) is 2.50. The van der Waals surface area contributed by atoms with Crippen molar-refractivity contribution in [3.63, 3.8) is 0 Å². The van der Waals surface area contributed by atoms with Crippen LogP contribution >= 0.6 is 0 Å². The molecule has 3 aromatic rings. The second kappa shape index (κ2) is 7.01. The predicted molar refractivity (Wildman–Crippen MR) is 93.5 cm³/mol. The number of carbonyl (C=O) groups is 1. The van der Waals surface area contributed by atoms with Gasteiger partial charge in [0.05, 0.1) is 11.6 Å². The molecule has 1 atom stereocenters. The molecule has 1 amide bonds. The highest BCUT2D eigenvalue weighted by atomic mass is 19.4. The molecule has 0 radical (unpaired) electrons. The minimum atomic E-state index is -4.96. The zero-order valence-electron chi connectivity index (χ0n) is 15.1. The molecule has 0 saturated carbocycles. The lowest BCUT2D eigenvalue weighted by molar-refractivity contribution is -0.187. The van der Waals surface area contributed by atoms with Crippen molar-refractivity contribution in [1.82, 2.24) is 24.9 Å². The van der Waals surface area contributed by atoms with Gasteiger partial charge in [0.15, 0.2) is 5.65 Å². The Morgan fingerprint density at radius 1 is 1.36 bits per heavy atom. The van der Waals surface area contributed by atoms with Gasteiger partial charge in [-0.2, -0.15) is 17.7 Å². The van der Waals surface area contributed by atoms with Crippen LogP contribution < -0.4 is 0 Å². The highest BCUT2D eigenvalue weighted by molar-refractivity contribution is 5.85. The maximum absolute atomic E-state index is 13.2. The SMILES string of the molecule is Cc1ccc2c(c1)cc(CN(C[C@H]1CCCO1)C(=O)C(F)(F)F)c1nnnn12. The minimum absolute atomic E-state index is 0.127. The quantitative estimate of drug-likeness (QED) is 0.682. The molecule has 1 aliphatic rings. The Hall–Kier alpha value is -2.75. The maximum atomic E-state index is 13.2. The van der Waals surface area contributed by atoms with E-state index in [1.807, 2.05) is 25.1 Å². The van der Waals surface area contributed by atoms with E-state index < -0.39 is 18.2 Å².